The molecule has 2 aliphatic rings. The van der Waals surface area contributed by atoms with Crippen LogP contribution in [-0.2, 0) is 0 Å². The topological polar surface area (TPSA) is 98.9 Å². The summed E-state index contributed by atoms with van der Waals surface area (Å²) in [6.07, 6.45) is 8.29. The van der Waals surface area contributed by atoms with Gasteiger partial charge in [0.1, 0.15) is 5.82 Å². The van der Waals surface area contributed by atoms with Crippen molar-refractivity contribution >= 4 is 16.9 Å². The zero-order chi connectivity index (χ0) is 22.4. The Hall–Kier alpha value is -3.95. The molecule has 3 aromatic heterocycles. The van der Waals surface area contributed by atoms with E-state index in [-0.39, 0.29) is 35.3 Å². The minimum Gasteiger partial charge on any atom is -0.476 e. The quantitative estimate of drug-likeness (QED) is 0.466. The summed E-state index contributed by atoms with van der Waals surface area (Å²) in [6, 6.07) is 8.93. The van der Waals surface area contributed by atoms with Crippen molar-refractivity contribution in [2.24, 2.45) is 5.92 Å². The van der Waals surface area contributed by atoms with Gasteiger partial charge in [0, 0.05) is 18.0 Å². The maximum atomic E-state index is 14.0. The lowest BCUT2D eigenvalue weighted by molar-refractivity contribution is 0.0708. The van der Waals surface area contributed by atoms with E-state index in [1.807, 2.05) is 29.2 Å². The van der Waals surface area contributed by atoms with Crippen LogP contribution in [0.5, 0.6) is 5.88 Å². The number of fused-ring (bicyclic) bond motifs is 3. The number of rotatable bonds is 5. The molecule has 5 heterocycles. The van der Waals surface area contributed by atoms with Gasteiger partial charge in [0.2, 0.25) is 5.88 Å². The highest BCUT2D eigenvalue weighted by molar-refractivity contribution is 5.97. The fraction of sp³-hybridized carbons (Fsp3) is 0.304. The third-order valence-electron chi connectivity index (χ3n) is 6.44. The highest BCUT2D eigenvalue weighted by Crippen LogP contribution is 2.43. The molecule has 166 valence electrons. The van der Waals surface area contributed by atoms with Gasteiger partial charge >= 0.3 is 0 Å². The fourth-order valence-electron chi connectivity index (χ4n) is 5.02. The van der Waals surface area contributed by atoms with Crippen molar-refractivity contribution in [2.75, 3.05) is 6.61 Å². The second-order valence-corrected chi connectivity index (χ2v) is 8.36. The summed E-state index contributed by atoms with van der Waals surface area (Å²) < 4.78 is 20.0. The van der Waals surface area contributed by atoms with Crippen LogP contribution in [0.4, 0.5) is 4.39 Å². The van der Waals surface area contributed by atoms with E-state index in [1.165, 1.54) is 23.3 Å². The second-order valence-electron chi connectivity index (χ2n) is 8.36. The van der Waals surface area contributed by atoms with Gasteiger partial charge in [-0.3, -0.25) is 4.79 Å². The third kappa shape index (κ3) is 3.47. The second kappa shape index (κ2) is 7.88. The molecule has 3 unspecified atom stereocenters. The molecular formula is C23H20FN7O2. The molecule has 3 atom stereocenters. The van der Waals surface area contributed by atoms with E-state index in [2.05, 4.69) is 25.1 Å². The van der Waals surface area contributed by atoms with Crippen LogP contribution in [0.15, 0.2) is 55.1 Å². The number of para-hydroxylation sites is 2. The van der Waals surface area contributed by atoms with E-state index in [1.54, 1.807) is 6.20 Å². The summed E-state index contributed by atoms with van der Waals surface area (Å²) in [5.41, 5.74) is 1.75. The first kappa shape index (κ1) is 19.7. The summed E-state index contributed by atoms with van der Waals surface area (Å²) >= 11 is 0. The highest BCUT2D eigenvalue weighted by atomic mass is 19.1. The third-order valence-corrected chi connectivity index (χ3v) is 6.44. The first-order chi connectivity index (χ1) is 16.2. The number of aromatic nitrogens is 6. The molecule has 0 N–H and O–H groups in total. The van der Waals surface area contributed by atoms with Crippen LogP contribution in [0.3, 0.4) is 0 Å². The maximum Gasteiger partial charge on any atom is 0.258 e. The lowest BCUT2D eigenvalue weighted by Crippen LogP contribution is -2.38. The van der Waals surface area contributed by atoms with E-state index >= 15 is 0 Å². The first-order valence-electron chi connectivity index (χ1n) is 10.9. The van der Waals surface area contributed by atoms with Crippen LogP contribution < -0.4 is 4.74 Å². The van der Waals surface area contributed by atoms with E-state index in [9.17, 15) is 9.18 Å². The van der Waals surface area contributed by atoms with Crippen LogP contribution in [0, 0.1) is 11.7 Å². The average molecular weight is 445 g/mol. The number of benzene rings is 1. The Labute approximate surface area is 188 Å². The van der Waals surface area contributed by atoms with Gasteiger partial charge in [-0.2, -0.15) is 10.2 Å². The monoisotopic (exact) mass is 445 g/mol. The van der Waals surface area contributed by atoms with Gasteiger partial charge in [0.05, 0.1) is 48.0 Å². The van der Waals surface area contributed by atoms with E-state index in [0.717, 1.165) is 36.5 Å². The largest absolute Gasteiger partial charge is 0.476 e. The predicted octanol–water partition coefficient (Wildman–Crippen LogP) is 2.82. The number of amides is 1. The molecule has 0 saturated carbocycles. The Morgan fingerprint density at radius 3 is 2.76 bits per heavy atom. The van der Waals surface area contributed by atoms with Crippen molar-refractivity contribution in [1.82, 2.24) is 34.8 Å². The molecule has 2 fully saturated rings. The number of halogens is 1. The Bertz CT molecular complexity index is 1330. The molecular weight excluding hydrogens is 425 g/mol. The van der Waals surface area contributed by atoms with Crippen molar-refractivity contribution in [3.63, 3.8) is 0 Å². The molecule has 4 aromatic rings. The summed E-state index contributed by atoms with van der Waals surface area (Å²) in [5, 5.41) is 8.11. The van der Waals surface area contributed by atoms with Crippen molar-refractivity contribution in [3.05, 3.63) is 66.5 Å². The molecule has 9 nitrogen and oxygen atoms in total. The number of pyridine rings is 1. The van der Waals surface area contributed by atoms with Crippen LogP contribution in [-0.4, -0.2) is 59.4 Å². The standard InChI is InChI=1S/C23H20FN7O2/c24-15-10-17(22(26-11-15)31-27-7-8-28-31)23(32)30-16-5-6-20(30)14(9-16)13-33-21-12-25-18-3-1-2-4-19(18)29-21/h1-4,7-8,10-12,14,16,20H,5-6,9,13H2. The minimum absolute atomic E-state index is 0.0117. The molecule has 2 bridgehead atoms. The number of nitrogens with zero attached hydrogens (tertiary/aromatic N) is 7. The molecule has 2 saturated heterocycles. The lowest BCUT2D eigenvalue weighted by Gasteiger charge is -2.25. The average Bonchev–Trinajstić information content (AvgIpc) is 3.59. The van der Waals surface area contributed by atoms with Crippen molar-refractivity contribution in [1.29, 1.82) is 0 Å². The SMILES string of the molecule is O=C(c1cc(F)cnc1-n1nccn1)N1C2CCC1C(COc1cnc3ccccc3n1)C2. The molecule has 1 amide bonds. The molecule has 33 heavy (non-hydrogen) atoms. The molecule has 10 heteroatoms. The van der Waals surface area contributed by atoms with Crippen LogP contribution >= 0.6 is 0 Å². The summed E-state index contributed by atoms with van der Waals surface area (Å²) in [4.78, 5) is 29.6. The van der Waals surface area contributed by atoms with Gasteiger partial charge in [0.15, 0.2) is 5.82 Å². The predicted molar refractivity (Wildman–Crippen MR) is 115 cm³/mol. The van der Waals surface area contributed by atoms with Gasteiger partial charge < -0.3 is 9.64 Å². The van der Waals surface area contributed by atoms with Gasteiger partial charge in [-0.1, -0.05) is 12.1 Å². The number of ether oxygens (including phenoxy) is 1. The molecule has 0 spiro atoms. The molecule has 6 rings (SSSR count). The first-order valence-corrected chi connectivity index (χ1v) is 10.9. The molecule has 0 aliphatic carbocycles. The number of carbonyl (C=O) groups excluding carboxylic acids is 1. The lowest BCUT2D eigenvalue weighted by atomic mass is 9.90. The Kier molecular flexibility index (Phi) is 4.70. The van der Waals surface area contributed by atoms with Crippen molar-refractivity contribution in [3.8, 4) is 11.7 Å². The number of carbonyl (C=O) groups is 1. The van der Waals surface area contributed by atoms with Crippen LogP contribution in [0.2, 0.25) is 0 Å². The summed E-state index contributed by atoms with van der Waals surface area (Å²) in [6.45, 7) is 0.437. The van der Waals surface area contributed by atoms with Gasteiger partial charge in [0.25, 0.3) is 5.91 Å². The zero-order valence-corrected chi connectivity index (χ0v) is 17.6. The number of hydrogen-bond acceptors (Lipinski definition) is 7. The van der Waals surface area contributed by atoms with Gasteiger partial charge in [-0.05, 0) is 37.5 Å². The Balaban J connectivity index is 1.21. The highest BCUT2D eigenvalue weighted by Gasteiger charge is 2.49. The van der Waals surface area contributed by atoms with Crippen molar-refractivity contribution in [2.45, 2.75) is 31.3 Å². The van der Waals surface area contributed by atoms with Crippen LogP contribution in [0.25, 0.3) is 16.9 Å². The normalized spacial score (nSPS) is 21.6. The summed E-state index contributed by atoms with van der Waals surface area (Å²) in [5.74, 6) is 0.0202. The minimum atomic E-state index is -0.574. The van der Waals surface area contributed by atoms with E-state index in [0.29, 0.717) is 12.5 Å². The number of hydrogen-bond donors (Lipinski definition) is 0. The Morgan fingerprint density at radius 1 is 1.09 bits per heavy atom. The zero-order valence-electron chi connectivity index (χ0n) is 17.6. The molecule has 1 aromatic carbocycles. The van der Waals surface area contributed by atoms with Crippen molar-refractivity contribution < 1.29 is 13.9 Å². The van der Waals surface area contributed by atoms with Crippen LogP contribution in [0.1, 0.15) is 29.6 Å². The van der Waals surface area contributed by atoms with E-state index < -0.39 is 5.82 Å². The Morgan fingerprint density at radius 2 is 1.91 bits per heavy atom. The molecule has 2 aliphatic heterocycles. The molecule has 0 radical (unpaired) electrons. The fourth-order valence-corrected chi connectivity index (χ4v) is 5.02. The van der Waals surface area contributed by atoms with Gasteiger partial charge in [-0.25, -0.2) is 19.3 Å². The maximum absolute atomic E-state index is 14.0. The summed E-state index contributed by atoms with van der Waals surface area (Å²) in [7, 11) is 0. The van der Waals surface area contributed by atoms with Gasteiger partial charge in [-0.15, -0.1) is 4.80 Å². The van der Waals surface area contributed by atoms with E-state index in [4.69, 9.17) is 4.74 Å². The smallest absolute Gasteiger partial charge is 0.258 e.